The molecule has 16 heavy (non-hydrogen) atoms. The normalized spacial score (nSPS) is 11.2. The van der Waals surface area contributed by atoms with Gasteiger partial charge in [-0.3, -0.25) is 0 Å². The van der Waals surface area contributed by atoms with Gasteiger partial charge in [0, 0.05) is 25.5 Å². The van der Waals surface area contributed by atoms with E-state index in [0.717, 1.165) is 38.7 Å². The molecular weight excluding hydrogens is 202 g/mol. The smallest absolute Gasteiger partial charge is 0.122 e. The number of nitrogens with zero attached hydrogens (tertiary/aromatic N) is 2. The van der Waals surface area contributed by atoms with E-state index in [1.165, 1.54) is 0 Å². The van der Waals surface area contributed by atoms with Crippen LogP contribution in [0.25, 0.3) is 0 Å². The van der Waals surface area contributed by atoms with E-state index in [1.54, 1.807) is 0 Å². The predicted octanol–water partition coefficient (Wildman–Crippen LogP) is 1.67. The summed E-state index contributed by atoms with van der Waals surface area (Å²) in [6.45, 7) is 10.7. The van der Waals surface area contributed by atoms with Gasteiger partial charge in [0.25, 0.3) is 0 Å². The summed E-state index contributed by atoms with van der Waals surface area (Å²) >= 11 is 0. The Morgan fingerprint density at radius 1 is 1.50 bits per heavy atom. The van der Waals surface area contributed by atoms with Gasteiger partial charge in [-0.2, -0.15) is 0 Å². The third kappa shape index (κ3) is 4.77. The van der Waals surface area contributed by atoms with Gasteiger partial charge in [0.1, 0.15) is 5.82 Å². The molecule has 0 saturated heterocycles. The molecule has 0 unspecified atom stereocenters. The molecule has 92 valence electrons. The number of aromatic nitrogens is 2. The molecule has 1 aromatic heterocycles. The van der Waals surface area contributed by atoms with Gasteiger partial charge in [-0.25, -0.2) is 4.98 Å². The highest BCUT2D eigenvalue weighted by Crippen LogP contribution is 1.98. The Morgan fingerprint density at radius 2 is 2.31 bits per heavy atom. The SMILES string of the molecule is CCNCc1nccn1CCOCC(C)C. The van der Waals surface area contributed by atoms with Crippen LogP contribution in [0, 0.1) is 5.92 Å². The van der Waals surface area contributed by atoms with Crippen LogP contribution >= 0.6 is 0 Å². The summed E-state index contributed by atoms with van der Waals surface area (Å²) in [4.78, 5) is 4.31. The summed E-state index contributed by atoms with van der Waals surface area (Å²) in [5.74, 6) is 1.68. The standard InChI is InChI=1S/C12H23N3O/c1-4-13-9-12-14-5-6-15(12)7-8-16-10-11(2)3/h5-6,11,13H,4,7-10H2,1-3H3. The lowest BCUT2D eigenvalue weighted by Crippen LogP contribution is -2.18. The molecule has 4 heteroatoms. The first-order valence-electron chi connectivity index (χ1n) is 6.02. The highest BCUT2D eigenvalue weighted by Gasteiger charge is 2.01. The second kappa shape index (κ2) is 7.41. The van der Waals surface area contributed by atoms with Gasteiger partial charge in [-0.05, 0) is 12.5 Å². The molecular formula is C12H23N3O. The quantitative estimate of drug-likeness (QED) is 0.684. The van der Waals surface area contributed by atoms with Crippen molar-refractivity contribution < 1.29 is 4.74 Å². The minimum atomic E-state index is 0.601. The van der Waals surface area contributed by atoms with Crippen LogP contribution in [0.4, 0.5) is 0 Å². The van der Waals surface area contributed by atoms with E-state index in [4.69, 9.17) is 4.74 Å². The Kier molecular flexibility index (Phi) is 6.11. The Bertz CT molecular complexity index is 284. The van der Waals surface area contributed by atoms with Crippen LogP contribution in [0.1, 0.15) is 26.6 Å². The highest BCUT2D eigenvalue weighted by molar-refractivity contribution is 4.91. The number of imidazole rings is 1. The van der Waals surface area contributed by atoms with Crippen molar-refractivity contribution in [3.63, 3.8) is 0 Å². The first-order valence-corrected chi connectivity index (χ1v) is 6.02. The van der Waals surface area contributed by atoms with E-state index in [2.05, 4.69) is 35.6 Å². The Balaban J connectivity index is 2.27. The molecule has 4 nitrogen and oxygen atoms in total. The van der Waals surface area contributed by atoms with E-state index in [-0.39, 0.29) is 0 Å². The fourth-order valence-electron chi connectivity index (χ4n) is 1.43. The fourth-order valence-corrected chi connectivity index (χ4v) is 1.43. The molecule has 0 amide bonds. The third-order valence-electron chi connectivity index (χ3n) is 2.26. The molecule has 0 aliphatic heterocycles. The average molecular weight is 225 g/mol. The topological polar surface area (TPSA) is 39.1 Å². The minimum absolute atomic E-state index is 0.601. The van der Waals surface area contributed by atoms with Gasteiger partial charge in [-0.15, -0.1) is 0 Å². The van der Waals surface area contributed by atoms with Gasteiger partial charge in [0.05, 0.1) is 13.2 Å². The van der Waals surface area contributed by atoms with Crippen molar-refractivity contribution in [1.29, 1.82) is 0 Å². The molecule has 0 bridgehead atoms. The van der Waals surface area contributed by atoms with Crippen molar-refractivity contribution in [2.75, 3.05) is 19.8 Å². The molecule has 0 aliphatic rings. The molecule has 1 heterocycles. The maximum Gasteiger partial charge on any atom is 0.122 e. The van der Waals surface area contributed by atoms with Crippen LogP contribution < -0.4 is 5.32 Å². The van der Waals surface area contributed by atoms with Crippen molar-refractivity contribution in [1.82, 2.24) is 14.9 Å². The molecule has 0 spiro atoms. The summed E-state index contributed by atoms with van der Waals surface area (Å²) in [5.41, 5.74) is 0. The second-order valence-electron chi connectivity index (χ2n) is 4.29. The fraction of sp³-hybridized carbons (Fsp3) is 0.750. The van der Waals surface area contributed by atoms with Crippen LogP contribution in [0.2, 0.25) is 0 Å². The summed E-state index contributed by atoms with van der Waals surface area (Å²) < 4.78 is 7.70. The number of hydrogen-bond donors (Lipinski definition) is 1. The Morgan fingerprint density at radius 3 is 3.00 bits per heavy atom. The zero-order valence-electron chi connectivity index (χ0n) is 10.6. The second-order valence-corrected chi connectivity index (χ2v) is 4.29. The summed E-state index contributed by atoms with van der Waals surface area (Å²) in [6.07, 6.45) is 3.85. The number of nitrogens with one attached hydrogen (secondary N) is 1. The maximum absolute atomic E-state index is 5.56. The number of ether oxygens (including phenoxy) is 1. The molecule has 0 atom stereocenters. The van der Waals surface area contributed by atoms with Crippen molar-refractivity contribution in [2.24, 2.45) is 5.92 Å². The lowest BCUT2D eigenvalue weighted by atomic mass is 10.2. The zero-order chi connectivity index (χ0) is 11.8. The van der Waals surface area contributed by atoms with Crippen molar-refractivity contribution >= 4 is 0 Å². The summed E-state index contributed by atoms with van der Waals surface area (Å²) in [7, 11) is 0. The van der Waals surface area contributed by atoms with E-state index in [0.29, 0.717) is 5.92 Å². The number of hydrogen-bond acceptors (Lipinski definition) is 3. The van der Waals surface area contributed by atoms with Crippen LogP contribution in [0.15, 0.2) is 12.4 Å². The third-order valence-corrected chi connectivity index (χ3v) is 2.26. The summed E-state index contributed by atoms with van der Waals surface area (Å²) in [6, 6.07) is 0. The molecule has 1 N–H and O–H groups in total. The molecule has 1 rings (SSSR count). The van der Waals surface area contributed by atoms with E-state index in [9.17, 15) is 0 Å². The molecule has 0 fully saturated rings. The largest absolute Gasteiger partial charge is 0.379 e. The first kappa shape index (κ1) is 13.2. The maximum atomic E-state index is 5.56. The van der Waals surface area contributed by atoms with Crippen molar-refractivity contribution in [2.45, 2.75) is 33.9 Å². The first-order chi connectivity index (χ1) is 7.74. The molecule has 1 aromatic rings. The number of rotatable bonds is 8. The van der Waals surface area contributed by atoms with Crippen molar-refractivity contribution in [3.05, 3.63) is 18.2 Å². The van der Waals surface area contributed by atoms with Gasteiger partial charge < -0.3 is 14.6 Å². The average Bonchev–Trinajstić information content (AvgIpc) is 2.69. The van der Waals surface area contributed by atoms with E-state index < -0.39 is 0 Å². The van der Waals surface area contributed by atoms with Crippen molar-refractivity contribution in [3.8, 4) is 0 Å². The van der Waals surface area contributed by atoms with Crippen LogP contribution in [-0.2, 0) is 17.8 Å². The molecule has 0 radical (unpaired) electrons. The lowest BCUT2D eigenvalue weighted by Gasteiger charge is -2.10. The molecule has 0 aromatic carbocycles. The van der Waals surface area contributed by atoms with Gasteiger partial charge in [0.2, 0.25) is 0 Å². The Labute approximate surface area is 98.0 Å². The predicted molar refractivity (Wildman–Crippen MR) is 65.3 cm³/mol. The van der Waals surface area contributed by atoms with Crippen LogP contribution in [-0.4, -0.2) is 29.3 Å². The van der Waals surface area contributed by atoms with E-state index >= 15 is 0 Å². The lowest BCUT2D eigenvalue weighted by molar-refractivity contribution is 0.102. The van der Waals surface area contributed by atoms with E-state index in [1.807, 2.05) is 12.4 Å². The van der Waals surface area contributed by atoms with Gasteiger partial charge in [-0.1, -0.05) is 20.8 Å². The zero-order valence-corrected chi connectivity index (χ0v) is 10.6. The van der Waals surface area contributed by atoms with Crippen LogP contribution in [0.3, 0.4) is 0 Å². The Hall–Kier alpha value is -0.870. The minimum Gasteiger partial charge on any atom is -0.379 e. The van der Waals surface area contributed by atoms with Crippen LogP contribution in [0.5, 0.6) is 0 Å². The molecule has 0 saturated carbocycles. The summed E-state index contributed by atoms with van der Waals surface area (Å²) in [5, 5.41) is 3.28. The molecule has 0 aliphatic carbocycles. The monoisotopic (exact) mass is 225 g/mol. The van der Waals surface area contributed by atoms with Gasteiger partial charge >= 0.3 is 0 Å². The van der Waals surface area contributed by atoms with Gasteiger partial charge in [0.15, 0.2) is 0 Å². The highest BCUT2D eigenvalue weighted by atomic mass is 16.5.